The summed E-state index contributed by atoms with van der Waals surface area (Å²) < 4.78 is 5.41. The van der Waals surface area contributed by atoms with E-state index < -0.39 is 4.92 Å². The van der Waals surface area contributed by atoms with E-state index in [1.165, 1.54) is 0 Å². The lowest BCUT2D eigenvalue weighted by Gasteiger charge is -2.20. The SMILES string of the molecule is CCOc1cc(N2C[C@H]3CNC[C@H]3C2)ccc1[N+](=O)[O-]. The number of hydrogen-bond acceptors (Lipinski definition) is 5. The summed E-state index contributed by atoms with van der Waals surface area (Å²) in [5.74, 6) is 1.76. The Morgan fingerprint density at radius 1 is 1.40 bits per heavy atom. The molecule has 2 saturated heterocycles. The van der Waals surface area contributed by atoms with Crippen LogP contribution in [0.25, 0.3) is 0 Å². The first-order chi connectivity index (χ1) is 9.69. The molecule has 2 atom stereocenters. The zero-order valence-corrected chi connectivity index (χ0v) is 11.5. The number of anilines is 1. The Balaban J connectivity index is 1.83. The molecular formula is C14H19N3O3. The third-order valence-corrected chi connectivity index (χ3v) is 4.19. The summed E-state index contributed by atoms with van der Waals surface area (Å²) in [7, 11) is 0. The molecule has 108 valence electrons. The molecule has 0 saturated carbocycles. The number of nitro groups is 1. The number of fused-ring (bicyclic) bond motifs is 1. The number of rotatable bonds is 4. The zero-order valence-electron chi connectivity index (χ0n) is 11.5. The molecule has 1 aromatic rings. The predicted octanol–water partition coefficient (Wildman–Crippen LogP) is 1.65. The van der Waals surface area contributed by atoms with Crippen LogP contribution in [0.15, 0.2) is 18.2 Å². The molecule has 20 heavy (non-hydrogen) atoms. The van der Waals surface area contributed by atoms with Crippen molar-refractivity contribution in [3.8, 4) is 5.75 Å². The maximum absolute atomic E-state index is 11.0. The van der Waals surface area contributed by atoms with E-state index in [2.05, 4.69) is 10.2 Å². The Morgan fingerprint density at radius 2 is 2.10 bits per heavy atom. The third-order valence-electron chi connectivity index (χ3n) is 4.19. The van der Waals surface area contributed by atoms with E-state index in [0.29, 0.717) is 24.2 Å². The second-order valence-corrected chi connectivity index (χ2v) is 5.43. The van der Waals surface area contributed by atoms with Crippen molar-refractivity contribution in [2.75, 3.05) is 37.7 Å². The highest BCUT2D eigenvalue weighted by atomic mass is 16.6. The van der Waals surface area contributed by atoms with Crippen LogP contribution in [0, 0.1) is 22.0 Å². The van der Waals surface area contributed by atoms with E-state index in [4.69, 9.17) is 4.74 Å². The number of benzene rings is 1. The molecule has 0 aromatic heterocycles. The van der Waals surface area contributed by atoms with Crippen LogP contribution in [-0.4, -0.2) is 37.7 Å². The molecule has 2 fully saturated rings. The number of ether oxygens (including phenoxy) is 1. The first kappa shape index (κ1) is 13.2. The average Bonchev–Trinajstić information content (AvgIpc) is 2.99. The Bertz CT molecular complexity index is 508. The average molecular weight is 277 g/mol. The normalized spacial score (nSPS) is 24.8. The van der Waals surface area contributed by atoms with Crippen LogP contribution in [-0.2, 0) is 0 Å². The van der Waals surface area contributed by atoms with E-state index in [1.807, 2.05) is 13.0 Å². The largest absolute Gasteiger partial charge is 0.487 e. The molecule has 1 aromatic carbocycles. The highest BCUT2D eigenvalue weighted by Crippen LogP contribution is 2.35. The molecular weight excluding hydrogens is 258 g/mol. The van der Waals surface area contributed by atoms with Gasteiger partial charge in [-0.25, -0.2) is 0 Å². The standard InChI is InChI=1S/C14H19N3O3/c1-2-20-14-5-12(3-4-13(14)17(18)19)16-8-10-6-15-7-11(10)9-16/h3-5,10-11,15H,2,6-9H2,1H3/t10-,11+. The van der Waals surface area contributed by atoms with Crippen molar-refractivity contribution in [3.05, 3.63) is 28.3 Å². The summed E-state index contributed by atoms with van der Waals surface area (Å²) in [4.78, 5) is 12.9. The summed E-state index contributed by atoms with van der Waals surface area (Å²) in [6.07, 6.45) is 0. The van der Waals surface area contributed by atoms with Crippen LogP contribution < -0.4 is 15.0 Å². The Kier molecular flexibility index (Phi) is 3.48. The van der Waals surface area contributed by atoms with Gasteiger partial charge in [-0.3, -0.25) is 10.1 Å². The zero-order chi connectivity index (χ0) is 14.1. The summed E-state index contributed by atoms with van der Waals surface area (Å²) in [6, 6.07) is 5.18. The third kappa shape index (κ3) is 2.31. The minimum absolute atomic E-state index is 0.0386. The molecule has 0 unspecified atom stereocenters. The molecule has 2 heterocycles. The summed E-state index contributed by atoms with van der Waals surface area (Å²) in [5.41, 5.74) is 1.06. The van der Waals surface area contributed by atoms with Crippen LogP contribution in [0.4, 0.5) is 11.4 Å². The van der Waals surface area contributed by atoms with E-state index in [1.54, 1.807) is 12.1 Å². The van der Waals surface area contributed by atoms with Crippen molar-refractivity contribution in [2.24, 2.45) is 11.8 Å². The lowest BCUT2D eigenvalue weighted by atomic mass is 10.0. The highest BCUT2D eigenvalue weighted by molar-refractivity contribution is 5.60. The van der Waals surface area contributed by atoms with Crippen LogP contribution in [0.3, 0.4) is 0 Å². The van der Waals surface area contributed by atoms with Crippen molar-refractivity contribution < 1.29 is 9.66 Å². The second-order valence-electron chi connectivity index (χ2n) is 5.43. The van der Waals surface area contributed by atoms with Crippen LogP contribution in [0.1, 0.15) is 6.92 Å². The van der Waals surface area contributed by atoms with Crippen molar-refractivity contribution in [1.82, 2.24) is 5.32 Å². The monoisotopic (exact) mass is 277 g/mol. The summed E-state index contributed by atoms with van der Waals surface area (Å²) >= 11 is 0. The van der Waals surface area contributed by atoms with Gasteiger partial charge in [-0.2, -0.15) is 0 Å². The van der Waals surface area contributed by atoms with Gasteiger partial charge >= 0.3 is 5.69 Å². The predicted molar refractivity (Wildman–Crippen MR) is 76.3 cm³/mol. The quantitative estimate of drug-likeness (QED) is 0.669. The highest BCUT2D eigenvalue weighted by Gasteiger charge is 2.36. The van der Waals surface area contributed by atoms with Gasteiger partial charge in [0.2, 0.25) is 0 Å². The van der Waals surface area contributed by atoms with Crippen LogP contribution in [0.5, 0.6) is 5.75 Å². The molecule has 0 radical (unpaired) electrons. The van der Waals surface area contributed by atoms with Crippen molar-refractivity contribution in [1.29, 1.82) is 0 Å². The number of nitrogens with one attached hydrogen (secondary N) is 1. The molecule has 3 rings (SSSR count). The molecule has 6 heteroatoms. The van der Waals surface area contributed by atoms with Gasteiger partial charge in [-0.1, -0.05) is 0 Å². The van der Waals surface area contributed by atoms with Crippen LogP contribution in [0.2, 0.25) is 0 Å². The van der Waals surface area contributed by atoms with Gasteiger partial charge in [0.25, 0.3) is 0 Å². The fourth-order valence-corrected chi connectivity index (χ4v) is 3.19. The molecule has 0 aliphatic carbocycles. The van der Waals surface area contributed by atoms with Crippen molar-refractivity contribution in [3.63, 3.8) is 0 Å². The number of hydrogen-bond donors (Lipinski definition) is 1. The van der Waals surface area contributed by atoms with Gasteiger partial charge < -0.3 is 15.0 Å². The Morgan fingerprint density at radius 3 is 2.70 bits per heavy atom. The molecule has 2 aliphatic heterocycles. The van der Waals surface area contributed by atoms with E-state index >= 15 is 0 Å². The molecule has 0 spiro atoms. The Labute approximate surface area is 117 Å². The van der Waals surface area contributed by atoms with Crippen molar-refractivity contribution in [2.45, 2.75) is 6.92 Å². The second kappa shape index (κ2) is 5.28. The minimum Gasteiger partial charge on any atom is -0.487 e. The molecule has 1 N–H and O–H groups in total. The molecule has 0 amide bonds. The molecule has 0 bridgehead atoms. The Hall–Kier alpha value is -1.82. The van der Waals surface area contributed by atoms with Gasteiger partial charge in [0, 0.05) is 44.0 Å². The maximum atomic E-state index is 11.0. The number of nitrogens with zero attached hydrogens (tertiary/aromatic N) is 2. The lowest BCUT2D eigenvalue weighted by molar-refractivity contribution is -0.385. The fourth-order valence-electron chi connectivity index (χ4n) is 3.19. The van der Waals surface area contributed by atoms with Gasteiger partial charge in [0.05, 0.1) is 11.5 Å². The lowest BCUT2D eigenvalue weighted by Crippen LogP contribution is -2.25. The van der Waals surface area contributed by atoms with Crippen molar-refractivity contribution >= 4 is 11.4 Å². The van der Waals surface area contributed by atoms with E-state index in [0.717, 1.165) is 31.9 Å². The smallest absolute Gasteiger partial charge is 0.311 e. The van der Waals surface area contributed by atoms with Gasteiger partial charge in [-0.05, 0) is 24.8 Å². The van der Waals surface area contributed by atoms with Crippen LogP contribution >= 0.6 is 0 Å². The topological polar surface area (TPSA) is 67.6 Å². The van der Waals surface area contributed by atoms with Gasteiger partial charge in [0.15, 0.2) is 5.75 Å². The van der Waals surface area contributed by atoms with E-state index in [9.17, 15) is 10.1 Å². The summed E-state index contributed by atoms with van der Waals surface area (Å²) in [6.45, 7) is 6.45. The number of nitro benzene ring substituents is 1. The first-order valence-electron chi connectivity index (χ1n) is 7.06. The molecule has 6 nitrogen and oxygen atoms in total. The van der Waals surface area contributed by atoms with Gasteiger partial charge in [-0.15, -0.1) is 0 Å². The minimum atomic E-state index is -0.391. The van der Waals surface area contributed by atoms with Gasteiger partial charge in [0.1, 0.15) is 0 Å². The summed E-state index contributed by atoms with van der Waals surface area (Å²) in [5, 5.41) is 14.4. The van der Waals surface area contributed by atoms with E-state index in [-0.39, 0.29) is 5.69 Å². The first-order valence-corrected chi connectivity index (χ1v) is 7.06. The maximum Gasteiger partial charge on any atom is 0.311 e. The fraction of sp³-hybridized carbons (Fsp3) is 0.571. The molecule has 2 aliphatic rings.